The van der Waals surface area contributed by atoms with Crippen LogP contribution in [0.4, 0.5) is 4.79 Å². The summed E-state index contributed by atoms with van der Waals surface area (Å²) in [7, 11) is 1.62. The predicted octanol–water partition coefficient (Wildman–Crippen LogP) is 4.33. The van der Waals surface area contributed by atoms with Gasteiger partial charge in [0.25, 0.3) is 0 Å². The van der Waals surface area contributed by atoms with Crippen LogP contribution in [0, 0.1) is 5.92 Å². The molecule has 0 aliphatic carbocycles. The molecule has 4 rings (SSSR count). The van der Waals surface area contributed by atoms with Gasteiger partial charge in [-0.1, -0.05) is 31.9 Å². The first-order chi connectivity index (χ1) is 17.9. The number of hydrogen-bond acceptors (Lipinski definition) is 6. The molecule has 3 N–H and O–H groups in total. The Kier molecular flexibility index (Phi) is 8.37. The quantitative estimate of drug-likeness (QED) is 0.310. The largest absolute Gasteiger partial charge is 0.496 e. The Balaban J connectivity index is 1.49. The molecule has 1 aliphatic heterocycles. The zero-order chi connectivity index (χ0) is 26.4. The molecule has 0 radical (unpaired) electrons. The number of amides is 2. The van der Waals surface area contributed by atoms with Crippen LogP contribution in [-0.2, 0) is 9.59 Å². The number of carbonyl (C=O) groups excluding carboxylic acids is 2. The van der Waals surface area contributed by atoms with E-state index < -0.39 is 6.09 Å². The van der Waals surface area contributed by atoms with E-state index in [0.29, 0.717) is 42.2 Å². The Hall–Kier alpha value is -3.95. The number of fused-ring (bicyclic) bond motifs is 1. The van der Waals surface area contributed by atoms with Crippen molar-refractivity contribution in [2.45, 2.75) is 51.5 Å². The highest BCUT2D eigenvalue weighted by Gasteiger charge is 2.36. The molecule has 0 saturated carbocycles. The Bertz CT molecular complexity index is 1270. The fourth-order valence-electron chi connectivity index (χ4n) is 4.49. The number of imidazole rings is 1. The Morgan fingerprint density at radius 3 is 2.73 bits per heavy atom. The Morgan fingerprint density at radius 2 is 2.00 bits per heavy atom. The monoisotopic (exact) mass is 507 g/mol. The third kappa shape index (κ3) is 6.25. The number of hydrogen-bond donors (Lipinski definition) is 3. The number of aromatic amines is 1. The maximum Gasteiger partial charge on any atom is 0.407 e. The molecule has 10 nitrogen and oxygen atoms in total. The van der Waals surface area contributed by atoms with Crippen molar-refractivity contribution in [2.75, 3.05) is 20.2 Å². The van der Waals surface area contributed by atoms with Crippen molar-refractivity contribution in [2.24, 2.45) is 5.92 Å². The van der Waals surface area contributed by atoms with Gasteiger partial charge < -0.3 is 25.0 Å². The number of nitrogens with zero attached hydrogens (tertiary/aromatic N) is 3. The second-order valence-electron chi connectivity index (χ2n) is 9.35. The molecular weight excluding hydrogens is 474 g/mol. The molecule has 1 atom stereocenters. The number of ether oxygens (including phenoxy) is 1. The molecule has 1 fully saturated rings. The lowest BCUT2D eigenvalue weighted by molar-refractivity contribution is -0.130. The summed E-state index contributed by atoms with van der Waals surface area (Å²) < 4.78 is 5.57. The molecule has 2 amide bonds. The molecule has 1 saturated heterocycles. The molecule has 1 aromatic carbocycles. The van der Waals surface area contributed by atoms with E-state index >= 15 is 0 Å². The van der Waals surface area contributed by atoms with Gasteiger partial charge in [-0.05, 0) is 25.0 Å². The minimum absolute atomic E-state index is 0.188. The van der Waals surface area contributed by atoms with E-state index in [1.165, 1.54) is 4.90 Å². The highest BCUT2D eigenvalue weighted by atomic mass is 16.5. The average molecular weight is 508 g/mol. The van der Waals surface area contributed by atoms with Gasteiger partial charge in [-0.25, -0.2) is 14.8 Å². The number of methoxy groups -OCH3 is 1. The molecule has 0 bridgehead atoms. The van der Waals surface area contributed by atoms with Gasteiger partial charge in [0.05, 0.1) is 42.2 Å². The number of ketones is 1. The molecular formula is C27H33N5O5. The lowest BCUT2D eigenvalue weighted by atomic mass is 9.98. The summed E-state index contributed by atoms with van der Waals surface area (Å²) in [6.45, 7) is 2.25. The van der Waals surface area contributed by atoms with Crippen LogP contribution in [0.1, 0.15) is 57.3 Å². The summed E-state index contributed by atoms with van der Waals surface area (Å²) in [5.74, 6) is 1.01. The molecule has 10 heteroatoms. The summed E-state index contributed by atoms with van der Waals surface area (Å²) in [6, 6.07) is 9.21. The maximum absolute atomic E-state index is 12.9. The van der Waals surface area contributed by atoms with Gasteiger partial charge in [0.15, 0.2) is 0 Å². The van der Waals surface area contributed by atoms with Crippen LogP contribution in [-0.4, -0.2) is 62.9 Å². The normalized spacial score (nSPS) is 14.3. The van der Waals surface area contributed by atoms with Crippen LogP contribution in [0.3, 0.4) is 0 Å². The van der Waals surface area contributed by atoms with Gasteiger partial charge in [-0.15, -0.1) is 0 Å². The van der Waals surface area contributed by atoms with E-state index in [0.717, 1.165) is 30.2 Å². The number of pyridine rings is 1. The molecule has 196 valence electrons. The summed E-state index contributed by atoms with van der Waals surface area (Å²) in [5.41, 5.74) is 2.17. The zero-order valence-electron chi connectivity index (χ0n) is 21.2. The lowest BCUT2D eigenvalue weighted by Gasteiger charge is -2.36. The molecule has 2 aromatic heterocycles. The van der Waals surface area contributed by atoms with Gasteiger partial charge in [-0.3, -0.25) is 9.59 Å². The Labute approximate surface area is 215 Å². The van der Waals surface area contributed by atoms with Crippen LogP contribution in [0.15, 0.2) is 36.5 Å². The summed E-state index contributed by atoms with van der Waals surface area (Å²) in [5, 5.41) is 13.0. The van der Waals surface area contributed by atoms with E-state index in [9.17, 15) is 14.4 Å². The maximum atomic E-state index is 12.9. The second kappa shape index (κ2) is 11.9. The number of unbranched alkanes of at least 4 members (excludes halogenated alkanes) is 2. The van der Waals surface area contributed by atoms with Crippen molar-refractivity contribution in [1.29, 1.82) is 0 Å². The fourth-order valence-corrected chi connectivity index (χ4v) is 4.49. The topological polar surface area (TPSA) is 138 Å². The molecule has 3 aromatic rings. The highest BCUT2D eigenvalue weighted by Crippen LogP contribution is 2.30. The number of aromatic nitrogens is 3. The number of H-pyrrole nitrogens is 1. The minimum atomic E-state index is -1.02. The predicted molar refractivity (Wildman–Crippen MR) is 138 cm³/mol. The molecule has 0 unspecified atom stereocenters. The highest BCUT2D eigenvalue weighted by molar-refractivity contribution is 5.87. The molecule has 0 spiro atoms. The number of rotatable bonds is 12. The fraction of sp³-hybridized carbons (Fsp3) is 0.444. The number of likely N-dealkylation sites (tertiary alicyclic amines) is 1. The lowest BCUT2D eigenvalue weighted by Crippen LogP contribution is -2.55. The van der Waals surface area contributed by atoms with Crippen molar-refractivity contribution in [1.82, 2.24) is 25.2 Å². The first kappa shape index (κ1) is 26.1. The first-order valence-corrected chi connectivity index (χ1v) is 12.7. The number of carboxylic acid groups (broad SMARTS) is 1. The summed E-state index contributed by atoms with van der Waals surface area (Å²) in [6.07, 6.45) is 4.93. The number of nitrogens with one attached hydrogen (secondary N) is 2. The summed E-state index contributed by atoms with van der Waals surface area (Å²) >= 11 is 0. The number of carbonyl (C=O) groups is 3. The first-order valence-electron chi connectivity index (χ1n) is 12.7. The van der Waals surface area contributed by atoms with Crippen molar-refractivity contribution < 1.29 is 24.2 Å². The Morgan fingerprint density at radius 1 is 1.22 bits per heavy atom. The van der Waals surface area contributed by atoms with Gasteiger partial charge in [0.1, 0.15) is 17.4 Å². The molecule has 37 heavy (non-hydrogen) atoms. The van der Waals surface area contributed by atoms with E-state index in [2.05, 4.69) is 15.3 Å². The van der Waals surface area contributed by atoms with Crippen molar-refractivity contribution in [3.05, 3.63) is 42.4 Å². The summed E-state index contributed by atoms with van der Waals surface area (Å²) in [4.78, 5) is 49.4. The van der Waals surface area contributed by atoms with Gasteiger partial charge in [-0.2, -0.15) is 0 Å². The van der Waals surface area contributed by atoms with Crippen LogP contribution in [0.5, 0.6) is 5.75 Å². The third-order valence-corrected chi connectivity index (χ3v) is 6.78. The SMILES string of the molecule is CCC(=O)CCCCC[C@H](NC(=O)C1CN(C(=O)O)C1)c1ncc(-c2cc(OC)c3ccccc3n2)[nH]1. The number of benzene rings is 1. The minimum Gasteiger partial charge on any atom is -0.496 e. The van der Waals surface area contributed by atoms with E-state index in [1.54, 1.807) is 13.3 Å². The zero-order valence-corrected chi connectivity index (χ0v) is 21.2. The van der Waals surface area contributed by atoms with Crippen molar-refractivity contribution >= 4 is 28.7 Å². The van der Waals surface area contributed by atoms with Crippen LogP contribution in [0.2, 0.25) is 0 Å². The smallest absolute Gasteiger partial charge is 0.407 e. The second-order valence-corrected chi connectivity index (χ2v) is 9.35. The van der Waals surface area contributed by atoms with E-state index in [-0.39, 0.29) is 36.7 Å². The standard InChI is InChI=1S/C27H33N5O5/c1-3-18(33)9-5-4-6-12-21(31-26(34)17-15-32(16-17)27(35)36)25-28-14-23(30-25)22-13-24(37-2)19-10-7-8-11-20(19)29-22/h7-8,10-11,13-14,17,21H,3-6,9,12,15-16H2,1-2H3,(H,28,30)(H,31,34)(H,35,36)/t21-/m0/s1. The third-order valence-electron chi connectivity index (χ3n) is 6.78. The van der Waals surface area contributed by atoms with Crippen LogP contribution < -0.4 is 10.1 Å². The van der Waals surface area contributed by atoms with E-state index in [1.807, 2.05) is 37.3 Å². The molecule has 3 heterocycles. The van der Waals surface area contributed by atoms with Gasteiger partial charge >= 0.3 is 6.09 Å². The van der Waals surface area contributed by atoms with E-state index in [4.69, 9.17) is 14.8 Å². The number of para-hydroxylation sites is 1. The van der Waals surface area contributed by atoms with Gasteiger partial charge in [0.2, 0.25) is 5.91 Å². The number of Topliss-reactive ketones (excluding diaryl/α,β-unsaturated/α-hetero) is 1. The van der Waals surface area contributed by atoms with Crippen molar-refractivity contribution in [3.63, 3.8) is 0 Å². The van der Waals surface area contributed by atoms with Crippen LogP contribution >= 0.6 is 0 Å². The average Bonchev–Trinajstić information content (AvgIpc) is 3.36. The molecule has 1 aliphatic rings. The van der Waals surface area contributed by atoms with Crippen molar-refractivity contribution in [3.8, 4) is 17.1 Å². The van der Waals surface area contributed by atoms with Crippen LogP contribution in [0.25, 0.3) is 22.3 Å². The van der Waals surface area contributed by atoms with Gasteiger partial charge in [0, 0.05) is 37.4 Å².